The van der Waals surface area contributed by atoms with Gasteiger partial charge in [-0.1, -0.05) is 0 Å². The molecule has 0 spiro atoms. The fraction of sp³-hybridized carbons (Fsp3) is 0.889. The minimum Gasteiger partial charge on any atom is -0.481 e. The molecule has 0 saturated carbocycles. The Morgan fingerprint density at radius 1 is 1.62 bits per heavy atom. The maximum Gasteiger partial charge on any atom is 0.303 e. The minimum atomic E-state index is -0.843. The van der Waals surface area contributed by atoms with Crippen LogP contribution in [-0.2, 0) is 9.53 Å². The molecule has 4 nitrogen and oxygen atoms in total. The summed E-state index contributed by atoms with van der Waals surface area (Å²) in [7, 11) is 0. The Kier molecular flexibility index (Phi) is 4.18. The number of rotatable bonds is 4. The Hall–Kier alpha value is -0.610. The number of ether oxygens (including phenoxy) is 1. The van der Waals surface area contributed by atoms with Gasteiger partial charge >= 0.3 is 5.97 Å². The number of carboxylic acid groups (broad SMARTS) is 1. The molecule has 0 aromatic rings. The van der Waals surface area contributed by atoms with Crippen molar-refractivity contribution in [2.75, 3.05) is 19.8 Å². The zero-order chi connectivity index (χ0) is 9.68. The van der Waals surface area contributed by atoms with Gasteiger partial charge in [0, 0.05) is 19.8 Å². The van der Waals surface area contributed by atoms with Gasteiger partial charge in [0.1, 0.15) is 0 Å². The number of aliphatic hydroxyl groups is 1. The van der Waals surface area contributed by atoms with Crippen LogP contribution in [0.25, 0.3) is 0 Å². The highest BCUT2D eigenvalue weighted by Crippen LogP contribution is 2.24. The van der Waals surface area contributed by atoms with Crippen molar-refractivity contribution in [1.82, 2.24) is 0 Å². The van der Waals surface area contributed by atoms with Crippen LogP contribution in [0.1, 0.15) is 19.3 Å². The first kappa shape index (κ1) is 10.5. The first-order chi connectivity index (χ1) is 6.24. The lowest BCUT2D eigenvalue weighted by Crippen LogP contribution is -2.29. The van der Waals surface area contributed by atoms with E-state index < -0.39 is 5.97 Å². The summed E-state index contributed by atoms with van der Waals surface area (Å²) in [6, 6.07) is 0. The zero-order valence-corrected chi connectivity index (χ0v) is 7.61. The third-order valence-corrected chi connectivity index (χ3v) is 2.53. The molecule has 0 radical (unpaired) electrons. The van der Waals surface area contributed by atoms with E-state index in [0.29, 0.717) is 6.61 Å². The van der Waals surface area contributed by atoms with Crippen molar-refractivity contribution >= 4 is 5.97 Å². The molecule has 4 heteroatoms. The number of hydrogen-bond acceptors (Lipinski definition) is 3. The topological polar surface area (TPSA) is 66.8 Å². The largest absolute Gasteiger partial charge is 0.481 e. The van der Waals surface area contributed by atoms with Crippen LogP contribution in [0, 0.1) is 11.8 Å². The maximum absolute atomic E-state index is 10.5. The quantitative estimate of drug-likeness (QED) is 0.674. The highest BCUT2D eigenvalue weighted by molar-refractivity contribution is 5.67. The molecule has 0 aromatic heterocycles. The maximum atomic E-state index is 10.5. The van der Waals surface area contributed by atoms with Gasteiger partial charge in [-0.15, -0.1) is 0 Å². The average molecular weight is 188 g/mol. The first-order valence-corrected chi connectivity index (χ1v) is 4.64. The second-order valence-corrected chi connectivity index (χ2v) is 3.52. The van der Waals surface area contributed by atoms with Crippen molar-refractivity contribution in [1.29, 1.82) is 0 Å². The summed E-state index contributed by atoms with van der Waals surface area (Å²) < 4.78 is 5.24. The van der Waals surface area contributed by atoms with E-state index in [1.165, 1.54) is 0 Å². The number of aliphatic carboxylic acids is 1. The number of aliphatic hydroxyl groups excluding tert-OH is 1. The van der Waals surface area contributed by atoms with Crippen LogP contribution < -0.4 is 0 Å². The number of hydrogen-bond donors (Lipinski definition) is 2. The van der Waals surface area contributed by atoms with Gasteiger partial charge in [0.05, 0.1) is 6.42 Å². The lowest BCUT2D eigenvalue weighted by molar-refractivity contribution is -0.139. The molecule has 1 saturated heterocycles. The van der Waals surface area contributed by atoms with Gasteiger partial charge in [0.15, 0.2) is 0 Å². The van der Waals surface area contributed by atoms with Gasteiger partial charge in [0.25, 0.3) is 0 Å². The van der Waals surface area contributed by atoms with E-state index in [4.69, 9.17) is 14.9 Å². The van der Waals surface area contributed by atoms with E-state index in [0.717, 1.165) is 19.4 Å². The van der Waals surface area contributed by atoms with Gasteiger partial charge in [0.2, 0.25) is 0 Å². The van der Waals surface area contributed by atoms with Crippen LogP contribution in [0.4, 0.5) is 0 Å². The van der Waals surface area contributed by atoms with Crippen molar-refractivity contribution in [3.05, 3.63) is 0 Å². The van der Waals surface area contributed by atoms with Gasteiger partial charge in [-0.25, -0.2) is 0 Å². The molecule has 1 heterocycles. The second kappa shape index (κ2) is 5.19. The van der Waals surface area contributed by atoms with Crippen LogP contribution in [0.2, 0.25) is 0 Å². The summed E-state index contributed by atoms with van der Waals surface area (Å²) in [6.07, 6.45) is 1.99. The van der Waals surface area contributed by atoms with Crippen molar-refractivity contribution in [3.8, 4) is 0 Å². The van der Waals surface area contributed by atoms with Crippen molar-refractivity contribution in [2.45, 2.75) is 19.3 Å². The third kappa shape index (κ3) is 3.32. The van der Waals surface area contributed by atoms with Gasteiger partial charge in [-0.05, 0) is 24.7 Å². The Labute approximate surface area is 77.5 Å². The molecule has 0 amide bonds. The van der Waals surface area contributed by atoms with Crippen molar-refractivity contribution in [2.24, 2.45) is 11.8 Å². The Morgan fingerprint density at radius 2 is 2.38 bits per heavy atom. The summed E-state index contributed by atoms with van der Waals surface area (Å²) in [5.74, 6) is -0.766. The monoisotopic (exact) mass is 188 g/mol. The Balaban J connectivity index is 2.39. The van der Waals surface area contributed by atoms with E-state index >= 15 is 0 Å². The fourth-order valence-electron chi connectivity index (χ4n) is 1.74. The Bertz CT molecular complexity index is 163. The number of carbonyl (C=O) groups is 1. The fourth-order valence-corrected chi connectivity index (χ4v) is 1.74. The Morgan fingerprint density at radius 3 is 2.85 bits per heavy atom. The molecule has 13 heavy (non-hydrogen) atoms. The lowest BCUT2D eigenvalue weighted by Gasteiger charge is -2.27. The van der Waals surface area contributed by atoms with Crippen molar-refractivity contribution < 1.29 is 19.7 Å². The van der Waals surface area contributed by atoms with Crippen molar-refractivity contribution in [3.63, 3.8) is 0 Å². The molecular weight excluding hydrogens is 172 g/mol. The molecule has 2 unspecified atom stereocenters. The summed E-state index contributed by atoms with van der Waals surface area (Å²) in [5.41, 5.74) is 0. The van der Waals surface area contributed by atoms with Crippen LogP contribution in [0.3, 0.4) is 0 Å². The molecule has 1 rings (SSSR count). The standard InChI is InChI=1S/C9H16O4/c10-5-8(4-9(11)12)7-2-1-3-13-6-7/h7-8,10H,1-6H2,(H,11,12). The highest BCUT2D eigenvalue weighted by atomic mass is 16.5. The van der Waals surface area contributed by atoms with Gasteiger partial charge < -0.3 is 14.9 Å². The minimum absolute atomic E-state index is 0.0462. The zero-order valence-electron chi connectivity index (χ0n) is 7.61. The summed E-state index contributed by atoms with van der Waals surface area (Å²) >= 11 is 0. The second-order valence-electron chi connectivity index (χ2n) is 3.52. The van der Waals surface area contributed by atoms with Crippen LogP contribution >= 0.6 is 0 Å². The smallest absolute Gasteiger partial charge is 0.303 e. The summed E-state index contributed by atoms with van der Waals surface area (Å²) in [5, 5.41) is 17.6. The first-order valence-electron chi connectivity index (χ1n) is 4.64. The SMILES string of the molecule is O=C(O)CC(CO)C1CCCOC1. The van der Waals surface area contributed by atoms with Crippen LogP contribution in [0.15, 0.2) is 0 Å². The average Bonchev–Trinajstić information content (AvgIpc) is 2.15. The van der Waals surface area contributed by atoms with E-state index in [1.807, 2.05) is 0 Å². The lowest BCUT2D eigenvalue weighted by atomic mass is 9.86. The van der Waals surface area contributed by atoms with Crippen LogP contribution in [-0.4, -0.2) is 36.0 Å². The van der Waals surface area contributed by atoms with E-state index in [2.05, 4.69) is 0 Å². The molecule has 76 valence electrons. The van der Waals surface area contributed by atoms with E-state index in [9.17, 15) is 4.79 Å². The predicted molar refractivity (Wildman–Crippen MR) is 46.4 cm³/mol. The van der Waals surface area contributed by atoms with Gasteiger partial charge in [-0.3, -0.25) is 4.79 Å². The van der Waals surface area contributed by atoms with E-state index in [-0.39, 0.29) is 24.9 Å². The summed E-state index contributed by atoms with van der Waals surface area (Å²) in [4.78, 5) is 10.5. The predicted octanol–water partition coefficient (Wildman–Crippen LogP) is 0.496. The molecule has 1 fully saturated rings. The molecule has 2 atom stereocenters. The van der Waals surface area contributed by atoms with Gasteiger partial charge in [-0.2, -0.15) is 0 Å². The number of carboxylic acids is 1. The molecule has 1 aliphatic rings. The normalized spacial score (nSPS) is 25.5. The highest BCUT2D eigenvalue weighted by Gasteiger charge is 2.25. The summed E-state index contributed by atoms with van der Waals surface area (Å²) in [6.45, 7) is 1.31. The third-order valence-electron chi connectivity index (χ3n) is 2.53. The molecular formula is C9H16O4. The van der Waals surface area contributed by atoms with E-state index in [1.54, 1.807) is 0 Å². The molecule has 1 aliphatic heterocycles. The molecule has 0 aliphatic carbocycles. The molecule has 2 N–H and O–H groups in total. The molecule has 0 bridgehead atoms. The van der Waals surface area contributed by atoms with Crippen LogP contribution in [0.5, 0.6) is 0 Å². The molecule has 0 aromatic carbocycles.